The van der Waals surface area contributed by atoms with Crippen LogP contribution in [0.4, 0.5) is 0 Å². The number of benzene rings is 1. The fourth-order valence-corrected chi connectivity index (χ4v) is 6.20. The molecule has 2 heterocycles. The van der Waals surface area contributed by atoms with E-state index in [1.165, 1.54) is 49.4 Å². The minimum atomic E-state index is 0.209. The van der Waals surface area contributed by atoms with Crippen molar-refractivity contribution < 1.29 is 4.79 Å². The van der Waals surface area contributed by atoms with Gasteiger partial charge in [0.15, 0.2) is 0 Å². The van der Waals surface area contributed by atoms with E-state index < -0.39 is 0 Å². The maximum absolute atomic E-state index is 12.8. The van der Waals surface area contributed by atoms with Gasteiger partial charge in [-0.2, -0.15) is 0 Å². The minimum Gasteiger partial charge on any atom is -0.339 e. The summed E-state index contributed by atoms with van der Waals surface area (Å²) in [7, 11) is 0. The monoisotopic (exact) mass is 442 g/mol. The summed E-state index contributed by atoms with van der Waals surface area (Å²) in [5.41, 5.74) is 1.22. The van der Waals surface area contributed by atoms with Crippen molar-refractivity contribution in [1.29, 1.82) is 0 Å². The summed E-state index contributed by atoms with van der Waals surface area (Å²) in [6.45, 7) is 5.81. The molecule has 0 bridgehead atoms. The van der Waals surface area contributed by atoms with Gasteiger partial charge in [-0.25, -0.2) is 9.97 Å². The summed E-state index contributed by atoms with van der Waals surface area (Å²) >= 11 is 3.11. The van der Waals surface area contributed by atoms with Gasteiger partial charge in [0.1, 0.15) is 10.1 Å². The zero-order valence-corrected chi connectivity index (χ0v) is 19.3. The van der Waals surface area contributed by atoms with Crippen molar-refractivity contribution >= 4 is 29.4 Å². The number of carbonyl (C=O) groups is 1. The number of rotatable bonds is 6. The molecule has 0 unspecified atom stereocenters. The van der Waals surface area contributed by atoms with Crippen molar-refractivity contribution in [2.75, 3.05) is 31.9 Å². The van der Waals surface area contributed by atoms with E-state index in [4.69, 9.17) is 0 Å². The molecule has 4 rings (SSSR count). The zero-order valence-electron chi connectivity index (χ0n) is 17.6. The highest BCUT2D eigenvalue weighted by molar-refractivity contribution is 8.02. The van der Waals surface area contributed by atoms with Crippen LogP contribution in [0.5, 0.6) is 0 Å². The molecular weight excluding hydrogens is 412 g/mol. The van der Waals surface area contributed by atoms with Crippen LogP contribution in [0.25, 0.3) is 0 Å². The van der Waals surface area contributed by atoms with Crippen molar-refractivity contribution in [3.05, 3.63) is 42.2 Å². The van der Waals surface area contributed by atoms with Crippen LogP contribution in [0, 0.1) is 6.92 Å². The molecule has 7 heteroatoms. The van der Waals surface area contributed by atoms with E-state index in [1.54, 1.807) is 24.2 Å². The Balaban J connectivity index is 1.29. The van der Waals surface area contributed by atoms with E-state index >= 15 is 0 Å². The smallest absolute Gasteiger partial charge is 0.233 e. The summed E-state index contributed by atoms with van der Waals surface area (Å²) < 4.78 is 0. The molecule has 0 spiro atoms. The van der Waals surface area contributed by atoms with E-state index in [0.717, 1.165) is 47.2 Å². The highest BCUT2D eigenvalue weighted by Gasteiger charge is 2.27. The Morgan fingerprint density at radius 1 is 1.03 bits per heavy atom. The normalized spacial score (nSPS) is 18.5. The average Bonchev–Trinajstić information content (AvgIpc) is 2.79. The number of amides is 1. The van der Waals surface area contributed by atoms with Crippen LogP contribution >= 0.6 is 23.5 Å². The van der Waals surface area contributed by atoms with E-state index in [2.05, 4.69) is 46.1 Å². The van der Waals surface area contributed by atoms with Gasteiger partial charge < -0.3 is 4.90 Å². The molecule has 1 aromatic carbocycles. The first kappa shape index (κ1) is 21.7. The maximum atomic E-state index is 12.8. The lowest BCUT2D eigenvalue weighted by molar-refractivity contribution is -0.130. The number of thioether (sulfide) groups is 1. The lowest BCUT2D eigenvalue weighted by atomic mass is 9.94. The average molecular weight is 443 g/mol. The van der Waals surface area contributed by atoms with Gasteiger partial charge in [0, 0.05) is 49.5 Å². The quantitative estimate of drug-likeness (QED) is 0.614. The fourth-order valence-electron chi connectivity index (χ4n) is 4.28. The van der Waals surface area contributed by atoms with Crippen LogP contribution in [0.1, 0.15) is 37.7 Å². The first-order chi connectivity index (χ1) is 14.7. The third kappa shape index (κ3) is 5.77. The second-order valence-electron chi connectivity index (χ2n) is 8.08. The molecule has 160 valence electrons. The van der Waals surface area contributed by atoms with E-state index in [0.29, 0.717) is 5.75 Å². The summed E-state index contributed by atoms with van der Waals surface area (Å²) in [4.78, 5) is 27.6. The number of hydrogen-bond acceptors (Lipinski definition) is 6. The molecule has 1 saturated heterocycles. The number of piperazine rings is 1. The van der Waals surface area contributed by atoms with E-state index in [9.17, 15) is 4.79 Å². The van der Waals surface area contributed by atoms with Crippen molar-refractivity contribution in [1.82, 2.24) is 19.8 Å². The molecule has 0 N–H and O–H groups in total. The Labute approximate surface area is 188 Å². The molecular formula is C23H30N4OS2. The second-order valence-corrected chi connectivity index (χ2v) is 10.1. The standard InChI is InChI=1S/C23H30N4OS2/c1-18-6-5-9-20(16-18)30-23-22(24-10-11-25-23)29-17-21(28)27-14-12-26(13-15-27)19-7-3-2-4-8-19/h5-6,9-11,16,19H,2-4,7-8,12-15,17H2,1H3. The van der Waals surface area contributed by atoms with Gasteiger partial charge in [-0.1, -0.05) is 60.5 Å². The van der Waals surface area contributed by atoms with E-state index in [-0.39, 0.29) is 5.91 Å². The lowest BCUT2D eigenvalue weighted by Gasteiger charge is -2.40. The number of aryl methyl sites for hydroxylation is 1. The summed E-state index contributed by atoms with van der Waals surface area (Å²) in [5.74, 6) is 0.629. The third-order valence-corrected chi connectivity index (χ3v) is 8.00. The highest BCUT2D eigenvalue weighted by Crippen LogP contribution is 2.33. The van der Waals surface area contributed by atoms with Gasteiger partial charge in [-0.05, 0) is 31.9 Å². The SMILES string of the molecule is Cc1cccc(Sc2nccnc2SCC(=O)N2CCN(C3CCCCC3)CC2)c1. The molecule has 1 aliphatic carbocycles. The van der Waals surface area contributed by atoms with Crippen LogP contribution in [0.3, 0.4) is 0 Å². The molecule has 5 nitrogen and oxygen atoms in total. The fraction of sp³-hybridized carbons (Fsp3) is 0.522. The first-order valence-electron chi connectivity index (χ1n) is 10.9. The summed E-state index contributed by atoms with van der Waals surface area (Å²) in [5, 5.41) is 1.70. The Bertz CT molecular complexity index is 849. The Morgan fingerprint density at radius 3 is 2.50 bits per heavy atom. The van der Waals surface area contributed by atoms with Gasteiger partial charge in [0.25, 0.3) is 0 Å². The number of carbonyl (C=O) groups excluding carboxylic acids is 1. The molecule has 1 aliphatic heterocycles. The predicted octanol–water partition coefficient (Wildman–Crippen LogP) is 4.51. The highest BCUT2D eigenvalue weighted by atomic mass is 32.2. The van der Waals surface area contributed by atoms with Crippen LogP contribution in [-0.4, -0.2) is 63.6 Å². The maximum Gasteiger partial charge on any atom is 0.233 e. The van der Waals surface area contributed by atoms with Gasteiger partial charge in [0.2, 0.25) is 5.91 Å². The van der Waals surface area contributed by atoms with Crippen LogP contribution in [-0.2, 0) is 4.79 Å². The summed E-state index contributed by atoms with van der Waals surface area (Å²) in [6.07, 6.45) is 10.2. The summed E-state index contributed by atoms with van der Waals surface area (Å²) in [6, 6.07) is 9.11. The molecule has 1 amide bonds. The van der Waals surface area contributed by atoms with Gasteiger partial charge in [-0.15, -0.1) is 0 Å². The topological polar surface area (TPSA) is 49.3 Å². The molecule has 1 saturated carbocycles. The van der Waals surface area contributed by atoms with Crippen molar-refractivity contribution in [2.24, 2.45) is 0 Å². The van der Waals surface area contributed by atoms with Crippen molar-refractivity contribution in [2.45, 2.75) is 60.0 Å². The predicted molar refractivity (Wildman–Crippen MR) is 123 cm³/mol. The Morgan fingerprint density at radius 2 is 1.77 bits per heavy atom. The lowest BCUT2D eigenvalue weighted by Crippen LogP contribution is -2.52. The number of hydrogen-bond donors (Lipinski definition) is 0. The zero-order chi connectivity index (χ0) is 20.8. The van der Waals surface area contributed by atoms with Gasteiger partial charge >= 0.3 is 0 Å². The van der Waals surface area contributed by atoms with E-state index in [1.807, 2.05) is 4.90 Å². The van der Waals surface area contributed by atoms with Crippen LogP contribution in [0.2, 0.25) is 0 Å². The molecule has 1 aromatic heterocycles. The van der Waals surface area contributed by atoms with Crippen LogP contribution in [0.15, 0.2) is 51.6 Å². The van der Waals surface area contributed by atoms with Crippen molar-refractivity contribution in [3.63, 3.8) is 0 Å². The molecule has 2 aromatic rings. The van der Waals surface area contributed by atoms with Gasteiger partial charge in [0.05, 0.1) is 5.75 Å². The number of nitrogens with zero attached hydrogens (tertiary/aromatic N) is 4. The van der Waals surface area contributed by atoms with Gasteiger partial charge in [-0.3, -0.25) is 9.69 Å². The molecule has 2 fully saturated rings. The molecule has 30 heavy (non-hydrogen) atoms. The second kappa shape index (κ2) is 10.6. The third-order valence-electron chi connectivity index (χ3n) is 5.93. The molecule has 0 radical (unpaired) electrons. The van der Waals surface area contributed by atoms with Crippen molar-refractivity contribution in [3.8, 4) is 0 Å². The molecule has 2 aliphatic rings. The largest absolute Gasteiger partial charge is 0.339 e. The Hall–Kier alpha value is -1.57. The number of aromatic nitrogens is 2. The minimum absolute atomic E-state index is 0.209. The van der Waals surface area contributed by atoms with Crippen LogP contribution < -0.4 is 0 Å². The Kier molecular flexibility index (Phi) is 7.68. The first-order valence-corrected chi connectivity index (χ1v) is 12.7. The molecule has 0 atom stereocenters.